The molecule has 8 nitrogen and oxygen atoms in total. The van der Waals surface area contributed by atoms with E-state index in [0.717, 1.165) is 7.11 Å². The summed E-state index contributed by atoms with van der Waals surface area (Å²) in [5.74, 6) is -3.53. The number of halogens is 1. The van der Waals surface area contributed by atoms with Crippen LogP contribution in [0.15, 0.2) is 65.2 Å². The van der Waals surface area contributed by atoms with E-state index in [1.807, 2.05) is 0 Å². The van der Waals surface area contributed by atoms with E-state index in [1.165, 1.54) is 29.2 Å². The van der Waals surface area contributed by atoms with Gasteiger partial charge in [-0.25, -0.2) is 9.79 Å². The molecule has 0 radical (unpaired) electrons. The molecule has 0 aliphatic carbocycles. The highest BCUT2D eigenvalue weighted by Gasteiger charge is 2.35. The molecule has 1 saturated heterocycles. The summed E-state index contributed by atoms with van der Waals surface area (Å²) in [6.45, 7) is 0.984. The number of aliphatic hydroxyl groups excluding tert-OH is 1. The van der Waals surface area contributed by atoms with Gasteiger partial charge in [-0.2, -0.15) is 0 Å². The Balaban J connectivity index is 2.17. The van der Waals surface area contributed by atoms with Crippen LogP contribution >= 0.6 is 11.6 Å². The molecule has 1 aliphatic heterocycles. The number of amides is 1. The van der Waals surface area contributed by atoms with E-state index in [-0.39, 0.29) is 31.9 Å². The number of hydrogen-bond donors (Lipinski definition) is 1. The van der Waals surface area contributed by atoms with Crippen LogP contribution in [-0.4, -0.2) is 66.8 Å². The summed E-state index contributed by atoms with van der Waals surface area (Å²) in [5, 5.41) is 11.4. The lowest BCUT2D eigenvalue weighted by atomic mass is 9.98. The summed E-state index contributed by atoms with van der Waals surface area (Å²) in [5.41, 5.74) is -0.532. The van der Waals surface area contributed by atoms with Gasteiger partial charge in [0.25, 0.3) is 11.7 Å². The fourth-order valence-corrected chi connectivity index (χ4v) is 3.15. The smallest absolute Gasteiger partial charge is 0.357 e. The van der Waals surface area contributed by atoms with Crippen molar-refractivity contribution < 1.29 is 29.0 Å². The number of ketones is 1. The van der Waals surface area contributed by atoms with Crippen molar-refractivity contribution in [2.75, 3.05) is 33.4 Å². The van der Waals surface area contributed by atoms with Gasteiger partial charge >= 0.3 is 5.97 Å². The van der Waals surface area contributed by atoms with Crippen LogP contribution < -0.4 is 0 Å². The van der Waals surface area contributed by atoms with Crippen LogP contribution in [-0.2, 0) is 23.9 Å². The minimum atomic E-state index is -1.08. The number of carbonyl (C=O) groups is 3. The van der Waals surface area contributed by atoms with Crippen LogP contribution in [0.3, 0.4) is 0 Å². The van der Waals surface area contributed by atoms with E-state index >= 15 is 0 Å². The van der Waals surface area contributed by atoms with Crippen LogP contribution in [0.25, 0.3) is 5.76 Å². The average molecular weight is 457 g/mol. The van der Waals surface area contributed by atoms with Gasteiger partial charge in [-0.15, -0.1) is 0 Å². The topological polar surface area (TPSA) is 106 Å². The van der Waals surface area contributed by atoms with Crippen LogP contribution in [0.5, 0.6) is 0 Å². The van der Waals surface area contributed by atoms with Crippen LogP contribution in [0.2, 0.25) is 5.02 Å². The molecule has 0 bridgehead atoms. The van der Waals surface area contributed by atoms with Crippen molar-refractivity contribution in [3.8, 4) is 0 Å². The number of hydrogen-bond acceptors (Lipinski definition) is 7. The monoisotopic (exact) mass is 456 g/mol. The number of esters is 1. The fraction of sp³-hybridized carbons (Fsp3) is 0.217. The van der Waals surface area contributed by atoms with Gasteiger partial charge in [-0.05, 0) is 36.4 Å². The zero-order chi connectivity index (χ0) is 23.1. The number of aliphatic hydroxyl groups is 1. The second-order valence-corrected chi connectivity index (χ2v) is 7.19. The molecule has 1 fully saturated rings. The van der Waals surface area contributed by atoms with E-state index < -0.39 is 34.7 Å². The Morgan fingerprint density at radius 2 is 1.66 bits per heavy atom. The highest BCUT2D eigenvalue weighted by molar-refractivity contribution is 6.60. The standard InChI is InChI=1S/C23H21ClN2O6/c1-31-23(30)19(25-17-5-3-2-4-6-17)18(20(27)15-7-9-16(24)10-8-15)21(28)22(29)26-11-13-32-14-12-26/h2-10,27H,11-14H2,1H3. The Labute approximate surface area is 189 Å². The minimum Gasteiger partial charge on any atom is -0.506 e. The molecule has 1 heterocycles. The zero-order valence-electron chi connectivity index (χ0n) is 17.3. The number of aliphatic imine (C=N–C) groups is 1. The third kappa shape index (κ3) is 5.40. The van der Waals surface area contributed by atoms with Gasteiger partial charge in [0, 0.05) is 23.7 Å². The van der Waals surface area contributed by atoms with Crippen LogP contribution in [0.4, 0.5) is 5.69 Å². The van der Waals surface area contributed by atoms with Gasteiger partial charge in [0.15, 0.2) is 5.71 Å². The molecule has 0 atom stereocenters. The second kappa shape index (κ2) is 10.7. The number of morpholine rings is 1. The maximum atomic E-state index is 13.3. The summed E-state index contributed by atoms with van der Waals surface area (Å²) in [4.78, 5) is 44.4. The van der Waals surface area contributed by atoms with Crippen LogP contribution in [0, 0.1) is 0 Å². The van der Waals surface area contributed by atoms with Gasteiger partial charge in [0.2, 0.25) is 0 Å². The largest absolute Gasteiger partial charge is 0.506 e. The predicted octanol–water partition coefficient (Wildman–Crippen LogP) is 2.98. The predicted molar refractivity (Wildman–Crippen MR) is 119 cm³/mol. The molecule has 1 amide bonds. The molecule has 0 saturated carbocycles. The first kappa shape index (κ1) is 23.2. The van der Waals surface area contributed by atoms with Gasteiger partial charge in [-0.1, -0.05) is 29.8 Å². The van der Waals surface area contributed by atoms with E-state index in [9.17, 15) is 19.5 Å². The highest BCUT2D eigenvalue weighted by atomic mass is 35.5. The average Bonchev–Trinajstić information content (AvgIpc) is 2.84. The molecular weight excluding hydrogens is 436 g/mol. The first-order chi connectivity index (χ1) is 15.4. The number of carbonyl (C=O) groups excluding carboxylic acids is 3. The Bertz CT molecular complexity index is 1060. The molecule has 9 heteroatoms. The first-order valence-corrected chi connectivity index (χ1v) is 10.1. The molecule has 3 rings (SSSR count). The third-order valence-corrected chi connectivity index (χ3v) is 4.94. The second-order valence-electron chi connectivity index (χ2n) is 6.75. The molecule has 0 unspecified atom stereocenters. The maximum absolute atomic E-state index is 13.3. The molecule has 166 valence electrons. The lowest BCUT2D eigenvalue weighted by Gasteiger charge is -2.26. The normalized spacial score (nSPS) is 15.1. The maximum Gasteiger partial charge on any atom is 0.357 e. The fourth-order valence-electron chi connectivity index (χ4n) is 3.03. The number of ether oxygens (including phenoxy) is 2. The summed E-state index contributed by atoms with van der Waals surface area (Å²) in [6.07, 6.45) is 0. The van der Waals surface area contributed by atoms with Crippen molar-refractivity contribution in [2.24, 2.45) is 4.99 Å². The van der Waals surface area contributed by atoms with Crippen molar-refractivity contribution in [3.63, 3.8) is 0 Å². The summed E-state index contributed by atoms with van der Waals surface area (Å²) in [6, 6.07) is 14.3. The van der Waals surface area contributed by atoms with Crippen molar-refractivity contribution >= 4 is 46.4 Å². The van der Waals surface area contributed by atoms with Gasteiger partial charge in [-0.3, -0.25) is 9.59 Å². The summed E-state index contributed by atoms with van der Waals surface area (Å²) < 4.78 is 10.0. The van der Waals surface area contributed by atoms with Crippen molar-refractivity contribution in [2.45, 2.75) is 0 Å². The lowest BCUT2D eigenvalue weighted by molar-refractivity contribution is -0.145. The number of para-hydroxylation sites is 1. The Morgan fingerprint density at radius 3 is 2.25 bits per heavy atom. The van der Waals surface area contributed by atoms with Crippen molar-refractivity contribution in [1.29, 1.82) is 0 Å². The SMILES string of the molecule is COC(=O)C(=Nc1ccccc1)C(C(=O)C(=O)N1CCOCC1)=C(O)c1ccc(Cl)cc1. The van der Waals surface area contributed by atoms with Crippen molar-refractivity contribution in [1.82, 2.24) is 4.90 Å². The van der Waals surface area contributed by atoms with E-state index in [1.54, 1.807) is 30.3 Å². The van der Waals surface area contributed by atoms with Gasteiger partial charge < -0.3 is 19.5 Å². The van der Waals surface area contributed by atoms with E-state index in [4.69, 9.17) is 21.1 Å². The molecule has 1 N–H and O–H groups in total. The Kier molecular flexibility index (Phi) is 7.75. The molecule has 0 aromatic heterocycles. The van der Waals surface area contributed by atoms with E-state index in [2.05, 4.69) is 4.99 Å². The highest BCUT2D eigenvalue weighted by Crippen LogP contribution is 2.24. The van der Waals surface area contributed by atoms with E-state index in [0.29, 0.717) is 10.7 Å². The van der Waals surface area contributed by atoms with Crippen LogP contribution in [0.1, 0.15) is 5.56 Å². The summed E-state index contributed by atoms with van der Waals surface area (Å²) in [7, 11) is 1.12. The molecular formula is C23H21ClN2O6. The first-order valence-electron chi connectivity index (χ1n) is 9.75. The minimum absolute atomic E-state index is 0.178. The van der Waals surface area contributed by atoms with Gasteiger partial charge in [0.1, 0.15) is 11.3 Å². The number of benzene rings is 2. The zero-order valence-corrected chi connectivity index (χ0v) is 18.0. The number of methoxy groups -OCH3 is 1. The third-order valence-electron chi connectivity index (χ3n) is 4.69. The number of nitrogens with zero attached hydrogens (tertiary/aromatic N) is 2. The lowest BCUT2D eigenvalue weighted by Crippen LogP contribution is -2.45. The molecule has 32 heavy (non-hydrogen) atoms. The Hall–Kier alpha value is -3.49. The summed E-state index contributed by atoms with van der Waals surface area (Å²) >= 11 is 5.92. The molecule has 0 spiro atoms. The van der Waals surface area contributed by atoms with Crippen molar-refractivity contribution in [3.05, 3.63) is 70.8 Å². The molecule has 2 aromatic carbocycles. The number of rotatable bonds is 6. The quantitative estimate of drug-likeness (QED) is 0.235. The molecule has 1 aliphatic rings. The molecule has 2 aromatic rings. The Morgan fingerprint density at radius 1 is 1.03 bits per heavy atom. The van der Waals surface area contributed by atoms with Gasteiger partial charge in [0.05, 0.1) is 26.0 Å². The number of Topliss-reactive ketones (excluding diaryl/α,β-unsaturated/α-hetero) is 1.